The molecule has 4 nitrogen and oxygen atoms in total. The molecule has 2 aromatic carbocycles. The van der Waals surface area contributed by atoms with Gasteiger partial charge in [-0.05, 0) is 36.4 Å². The van der Waals surface area contributed by atoms with Gasteiger partial charge < -0.3 is 10.2 Å². The molecule has 21 heavy (non-hydrogen) atoms. The van der Waals surface area contributed by atoms with Gasteiger partial charge in [0.15, 0.2) is 0 Å². The zero-order valence-corrected chi connectivity index (χ0v) is 11.7. The van der Waals surface area contributed by atoms with Crippen LogP contribution in [0, 0.1) is 17.1 Å². The SMILES string of the molecule is CN(C)c1cccc(C(=O)Nc2ccc(F)cc2C#N)c1. The molecular formula is C16H14FN3O. The van der Waals surface area contributed by atoms with Gasteiger partial charge in [0.1, 0.15) is 11.9 Å². The van der Waals surface area contributed by atoms with E-state index in [0.29, 0.717) is 11.3 Å². The van der Waals surface area contributed by atoms with Crippen LogP contribution in [-0.4, -0.2) is 20.0 Å². The summed E-state index contributed by atoms with van der Waals surface area (Å²) in [6.07, 6.45) is 0. The van der Waals surface area contributed by atoms with Crippen molar-refractivity contribution in [3.8, 4) is 6.07 Å². The Bertz CT molecular complexity index is 720. The van der Waals surface area contributed by atoms with E-state index >= 15 is 0 Å². The molecule has 106 valence electrons. The Morgan fingerprint density at radius 2 is 2.00 bits per heavy atom. The van der Waals surface area contributed by atoms with Crippen molar-refractivity contribution in [3.05, 3.63) is 59.4 Å². The van der Waals surface area contributed by atoms with Crippen molar-refractivity contribution in [3.63, 3.8) is 0 Å². The van der Waals surface area contributed by atoms with Crippen molar-refractivity contribution in [2.45, 2.75) is 0 Å². The predicted octanol–water partition coefficient (Wildman–Crippen LogP) is 3.02. The summed E-state index contributed by atoms with van der Waals surface area (Å²) < 4.78 is 13.1. The zero-order chi connectivity index (χ0) is 15.4. The number of amides is 1. The average molecular weight is 283 g/mol. The highest BCUT2D eigenvalue weighted by Gasteiger charge is 2.11. The molecule has 0 aromatic heterocycles. The first-order valence-electron chi connectivity index (χ1n) is 6.29. The minimum atomic E-state index is -0.515. The van der Waals surface area contributed by atoms with Crippen molar-refractivity contribution in [2.75, 3.05) is 24.3 Å². The van der Waals surface area contributed by atoms with E-state index in [1.807, 2.05) is 31.1 Å². The monoisotopic (exact) mass is 283 g/mol. The summed E-state index contributed by atoms with van der Waals surface area (Å²) in [4.78, 5) is 14.1. The Labute approximate surface area is 122 Å². The molecule has 0 aliphatic carbocycles. The Morgan fingerprint density at radius 3 is 2.67 bits per heavy atom. The number of hydrogen-bond donors (Lipinski definition) is 1. The standard InChI is InChI=1S/C16H14FN3O/c1-20(2)14-5-3-4-11(9-14)16(21)19-15-7-6-13(17)8-12(15)10-18/h3-9H,1-2H3,(H,19,21). The number of rotatable bonds is 3. The lowest BCUT2D eigenvalue weighted by Gasteiger charge is -2.13. The van der Waals surface area contributed by atoms with Crippen LogP contribution in [0.15, 0.2) is 42.5 Å². The van der Waals surface area contributed by atoms with Crippen molar-refractivity contribution in [1.29, 1.82) is 5.26 Å². The van der Waals surface area contributed by atoms with E-state index in [2.05, 4.69) is 5.32 Å². The number of nitriles is 1. The molecular weight excluding hydrogens is 269 g/mol. The molecule has 0 aliphatic rings. The number of benzene rings is 2. The maximum atomic E-state index is 13.1. The van der Waals surface area contributed by atoms with E-state index < -0.39 is 5.82 Å². The molecule has 0 saturated carbocycles. The maximum Gasteiger partial charge on any atom is 0.255 e. The second-order valence-electron chi connectivity index (χ2n) is 4.70. The first-order chi connectivity index (χ1) is 10.0. The van der Waals surface area contributed by atoms with E-state index in [9.17, 15) is 9.18 Å². The lowest BCUT2D eigenvalue weighted by molar-refractivity contribution is 0.102. The molecule has 2 aromatic rings. The average Bonchev–Trinajstić information content (AvgIpc) is 2.49. The van der Waals surface area contributed by atoms with E-state index in [1.165, 1.54) is 12.1 Å². The van der Waals surface area contributed by atoms with Gasteiger partial charge in [-0.2, -0.15) is 5.26 Å². The third-order valence-electron chi connectivity index (χ3n) is 2.98. The largest absolute Gasteiger partial charge is 0.378 e. The zero-order valence-electron chi connectivity index (χ0n) is 11.7. The van der Waals surface area contributed by atoms with Gasteiger partial charge in [-0.1, -0.05) is 6.07 Å². The van der Waals surface area contributed by atoms with Crippen LogP contribution in [0.25, 0.3) is 0 Å². The fraction of sp³-hybridized carbons (Fsp3) is 0.125. The Hall–Kier alpha value is -2.87. The van der Waals surface area contributed by atoms with Crippen LogP contribution in [0.5, 0.6) is 0 Å². The molecule has 1 N–H and O–H groups in total. The molecule has 0 aliphatic heterocycles. The molecule has 0 unspecified atom stereocenters. The minimum Gasteiger partial charge on any atom is -0.378 e. The van der Waals surface area contributed by atoms with Gasteiger partial charge in [0.2, 0.25) is 0 Å². The minimum absolute atomic E-state index is 0.0899. The van der Waals surface area contributed by atoms with Crippen LogP contribution in [0.4, 0.5) is 15.8 Å². The molecule has 0 spiro atoms. The first-order valence-corrected chi connectivity index (χ1v) is 6.29. The predicted molar refractivity (Wildman–Crippen MR) is 79.8 cm³/mol. The van der Waals surface area contributed by atoms with E-state index in [1.54, 1.807) is 18.2 Å². The summed E-state index contributed by atoms with van der Waals surface area (Å²) in [5.41, 5.74) is 1.74. The lowest BCUT2D eigenvalue weighted by Crippen LogP contribution is -2.15. The Kier molecular flexibility index (Phi) is 4.19. The quantitative estimate of drug-likeness (QED) is 0.942. The van der Waals surface area contributed by atoms with Crippen molar-refractivity contribution >= 4 is 17.3 Å². The highest BCUT2D eigenvalue weighted by atomic mass is 19.1. The second-order valence-corrected chi connectivity index (χ2v) is 4.70. The van der Waals surface area contributed by atoms with Gasteiger partial charge in [-0.3, -0.25) is 4.79 Å². The topological polar surface area (TPSA) is 56.1 Å². The van der Waals surface area contributed by atoms with Crippen LogP contribution < -0.4 is 10.2 Å². The number of carbonyl (C=O) groups excluding carboxylic acids is 1. The van der Waals surface area contributed by atoms with Crippen molar-refractivity contribution in [2.24, 2.45) is 0 Å². The molecule has 0 heterocycles. The summed E-state index contributed by atoms with van der Waals surface area (Å²) in [5.74, 6) is -0.860. The number of hydrogen-bond acceptors (Lipinski definition) is 3. The molecule has 0 atom stereocenters. The number of halogens is 1. The fourth-order valence-corrected chi connectivity index (χ4v) is 1.84. The van der Waals surface area contributed by atoms with Crippen LogP contribution in [0.3, 0.4) is 0 Å². The Morgan fingerprint density at radius 1 is 1.24 bits per heavy atom. The van der Waals surface area contributed by atoms with Crippen molar-refractivity contribution < 1.29 is 9.18 Å². The number of nitrogens with zero attached hydrogens (tertiary/aromatic N) is 2. The summed E-state index contributed by atoms with van der Waals surface area (Å²) >= 11 is 0. The molecule has 0 radical (unpaired) electrons. The summed E-state index contributed by atoms with van der Waals surface area (Å²) in [6.45, 7) is 0. The number of carbonyl (C=O) groups is 1. The van der Waals surface area contributed by atoms with E-state index in [0.717, 1.165) is 11.8 Å². The van der Waals surface area contributed by atoms with Crippen molar-refractivity contribution in [1.82, 2.24) is 0 Å². The van der Waals surface area contributed by atoms with Gasteiger partial charge in [0.05, 0.1) is 11.3 Å². The van der Waals surface area contributed by atoms with Gasteiger partial charge in [0.25, 0.3) is 5.91 Å². The smallest absolute Gasteiger partial charge is 0.255 e. The summed E-state index contributed by atoms with van der Waals surface area (Å²) in [7, 11) is 3.76. The van der Waals surface area contributed by atoms with Crippen LogP contribution in [0.2, 0.25) is 0 Å². The van der Waals surface area contributed by atoms with Gasteiger partial charge in [-0.15, -0.1) is 0 Å². The first kappa shape index (κ1) is 14.5. The van der Waals surface area contributed by atoms with Gasteiger partial charge in [0, 0.05) is 25.3 Å². The normalized spacial score (nSPS) is 9.81. The highest BCUT2D eigenvalue weighted by molar-refractivity contribution is 6.05. The molecule has 5 heteroatoms. The fourth-order valence-electron chi connectivity index (χ4n) is 1.84. The molecule has 2 rings (SSSR count). The van der Waals surface area contributed by atoms with Crippen LogP contribution in [0.1, 0.15) is 15.9 Å². The van der Waals surface area contributed by atoms with E-state index in [-0.39, 0.29) is 11.5 Å². The molecule has 0 saturated heterocycles. The summed E-state index contributed by atoms with van der Waals surface area (Å²) in [5, 5.41) is 11.6. The van der Waals surface area contributed by atoms with Gasteiger partial charge in [-0.25, -0.2) is 4.39 Å². The third-order valence-corrected chi connectivity index (χ3v) is 2.98. The molecule has 0 fully saturated rings. The Balaban J connectivity index is 2.26. The maximum absolute atomic E-state index is 13.1. The lowest BCUT2D eigenvalue weighted by atomic mass is 10.1. The van der Waals surface area contributed by atoms with Gasteiger partial charge >= 0.3 is 0 Å². The highest BCUT2D eigenvalue weighted by Crippen LogP contribution is 2.19. The number of nitrogens with one attached hydrogen (secondary N) is 1. The summed E-state index contributed by atoms with van der Waals surface area (Å²) in [6, 6.07) is 12.6. The molecule has 1 amide bonds. The second kappa shape index (κ2) is 6.06. The third kappa shape index (κ3) is 3.37. The van der Waals surface area contributed by atoms with Crippen LogP contribution >= 0.6 is 0 Å². The van der Waals surface area contributed by atoms with Crippen LogP contribution in [-0.2, 0) is 0 Å². The van der Waals surface area contributed by atoms with E-state index in [4.69, 9.17) is 5.26 Å². The molecule has 0 bridgehead atoms. The number of anilines is 2.